The number of carbonyl (C=O) groups excluding carboxylic acids is 2. The minimum absolute atomic E-state index is 0. The lowest BCUT2D eigenvalue weighted by molar-refractivity contribution is -0.122. The van der Waals surface area contributed by atoms with Crippen molar-refractivity contribution >= 4 is 24.1 Å². The van der Waals surface area contributed by atoms with Crippen LogP contribution in [0.4, 0.5) is 0 Å². The van der Waals surface area contributed by atoms with Crippen LogP contribution in [0.25, 0.3) is 0 Å². The van der Waals surface area contributed by atoms with Crippen LogP contribution in [0.5, 0.6) is 0 Å². The minimum atomic E-state index is -0.0120. The molecule has 0 spiro atoms. The van der Waals surface area contributed by atoms with Crippen LogP contribution in [0.15, 0.2) is 24.3 Å². The molecule has 2 N–H and O–H groups in total. The number of aryl methyl sites for hydroxylation is 1. The molecular formula is C20H31ClN2O2. The van der Waals surface area contributed by atoms with E-state index in [4.69, 9.17) is 0 Å². The van der Waals surface area contributed by atoms with E-state index in [0.717, 1.165) is 25.8 Å². The summed E-state index contributed by atoms with van der Waals surface area (Å²) in [4.78, 5) is 24.3. The lowest BCUT2D eigenvalue weighted by Crippen LogP contribution is -2.46. The Morgan fingerprint density at radius 3 is 2.56 bits per heavy atom. The minimum Gasteiger partial charge on any atom is -0.353 e. The maximum atomic E-state index is 12.2. The first-order valence-electron chi connectivity index (χ1n) is 9.23. The van der Waals surface area contributed by atoms with Crippen molar-refractivity contribution in [1.29, 1.82) is 0 Å². The van der Waals surface area contributed by atoms with Gasteiger partial charge >= 0.3 is 0 Å². The Labute approximate surface area is 157 Å². The van der Waals surface area contributed by atoms with Crippen molar-refractivity contribution in [2.24, 2.45) is 0 Å². The van der Waals surface area contributed by atoms with Crippen LogP contribution in [0.1, 0.15) is 68.3 Å². The second kappa shape index (κ2) is 11.3. The molecule has 0 bridgehead atoms. The number of Topliss-reactive ketones (excluding diaryl/α,β-unsaturated/α-hetero) is 1. The Morgan fingerprint density at radius 2 is 1.92 bits per heavy atom. The fourth-order valence-electron chi connectivity index (χ4n) is 3.17. The summed E-state index contributed by atoms with van der Waals surface area (Å²) in [6, 6.07) is 8.51. The maximum absolute atomic E-state index is 12.2. The van der Waals surface area contributed by atoms with Crippen LogP contribution < -0.4 is 10.6 Å². The summed E-state index contributed by atoms with van der Waals surface area (Å²) in [6.45, 7) is 5.24. The Morgan fingerprint density at radius 1 is 1.20 bits per heavy atom. The second-order valence-electron chi connectivity index (χ2n) is 6.87. The molecule has 0 aromatic heterocycles. The fourth-order valence-corrected chi connectivity index (χ4v) is 3.17. The molecule has 2 atom stereocenters. The second-order valence-corrected chi connectivity index (χ2v) is 6.87. The zero-order valence-electron chi connectivity index (χ0n) is 15.3. The van der Waals surface area contributed by atoms with Crippen LogP contribution in [0, 0.1) is 0 Å². The van der Waals surface area contributed by atoms with Gasteiger partial charge < -0.3 is 10.6 Å². The average Bonchev–Trinajstić information content (AvgIpc) is 2.58. The highest BCUT2D eigenvalue weighted by Crippen LogP contribution is 2.12. The lowest BCUT2D eigenvalue weighted by atomic mass is 10.00. The van der Waals surface area contributed by atoms with E-state index in [1.165, 1.54) is 18.4 Å². The molecule has 1 aromatic rings. The first-order chi connectivity index (χ1) is 11.6. The predicted octanol–water partition coefficient (Wildman–Crippen LogP) is 3.67. The monoisotopic (exact) mass is 366 g/mol. The van der Waals surface area contributed by atoms with Gasteiger partial charge in [0.05, 0.1) is 0 Å². The van der Waals surface area contributed by atoms with Gasteiger partial charge in [0.15, 0.2) is 5.78 Å². The number of halogens is 1. The predicted molar refractivity (Wildman–Crippen MR) is 104 cm³/mol. The third-order valence-corrected chi connectivity index (χ3v) is 4.66. The van der Waals surface area contributed by atoms with Gasteiger partial charge in [-0.3, -0.25) is 9.59 Å². The van der Waals surface area contributed by atoms with Crippen LogP contribution in [0.2, 0.25) is 0 Å². The smallest absolute Gasteiger partial charge is 0.220 e. The van der Waals surface area contributed by atoms with Crippen LogP contribution in [0.3, 0.4) is 0 Å². The highest BCUT2D eigenvalue weighted by molar-refractivity contribution is 5.98. The summed E-state index contributed by atoms with van der Waals surface area (Å²) in [5.41, 5.74) is 1.98. The summed E-state index contributed by atoms with van der Waals surface area (Å²) in [6.07, 6.45) is 5.87. The van der Waals surface area contributed by atoms with Crippen LogP contribution in [-0.4, -0.2) is 30.3 Å². The molecule has 1 aliphatic rings. The molecule has 1 heterocycles. The van der Waals surface area contributed by atoms with Crippen molar-refractivity contribution in [2.45, 2.75) is 70.9 Å². The summed E-state index contributed by atoms with van der Waals surface area (Å²) in [5.74, 6) is 0.0351. The van der Waals surface area contributed by atoms with E-state index in [1.54, 1.807) is 0 Å². The Bertz CT molecular complexity index is 545. The standard InChI is InChI=1S/C20H30N2O2.ClH/c1-3-4-5-16-6-8-17(9-7-16)19(23)10-11-20(24)22-18-12-13-21-15(2)14-18;/h6-9,15,18,21H,3-5,10-14H2,1-2H3,(H,22,24);1H. The number of unbranched alkanes of at least 4 members (excludes halogenated alkanes) is 1. The highest BCUT2D eigenvalue weighted by atomic mass is 35.5. The highest BCUT2D eigenvalue weighted by Gasteiger charge is 2.20. The number of hydrogen-bond acceptors (Lipinski definition) is 3. The van der Waals surface area contributed by atoms with Gasteiger partial charge in [-0.15, -0.1) is 12.4 Å². The molecule has 4 nitrogen and oxygen atoms in total. The van der Waals surface area contributed by atoms with E-state index in [-0.39, 0.29) is 43.0 Å². The number of ketones is 1. The Balaban J connectivity index is 0.00000312. The Kier molecular flexibility index (Phi) is 9.76. The van der Waals surface area contributed by atoms with E-state index in [0.29, 0.717) is 11.6 Å². The molecule has 0 radical (unpaired) electrons. The number of rotatable bonds is 8. The Hall–Kier alpha value is -1.39. The molecule has 5 heteroatoms. The SMILES string of the molecule is CCCCc1ccc(C(=O)CCC(=O)NC2CCNC(C)C2)cc1.Cl. The number of nitrogens with one attached hydrogen (secondary N) is 2. The largest absolute Gasteiger partial charge is 0.353 e. The van der Waals surface area contributed by atoms with Gasteiger partial charge in [-0.2, -0.15) is 0 Å². The first kappa shape index (κ1) is 21.7. The van der Waals surface area contributed by atoms with E-state index in [2.05, 4.69) is 24.5 Å². The topological polar surface area (TPSA) is 58.2 Å². The maximum Gasteiger partial charge on any atom is 0.220 e. The fraction of sp³-hybridized carbons (Fsp3) is 0.600. The molecule has 0 saturated carbocycles. The molecule has 140 valence electrons. The molecule has 25 heavy (non-hydrogen) atoms. The van der Waals surface area contributed by atoms with Crippen molar-refractivity contribution in [2.75, 3.05) is 6.54 Å². The molecule has 1 fully saturated rings. The molecule has 2 rings (SSSR count). The van der Waals surface area contributed by atoms with Crippen LogP contribution in [-0.2, 0) is 11.2 Å². The van der Waals surface area contributed by atoms with Gasteiger partial charge in [-0.05, 0) is 44.7 Å². The van der Waals surface area contributed by atoms with Crippen molar-refractivity contribution in [3.63, 3.8) is 0 Å². The van der Waals surface area contributed by atoms with Crippen molar-refractivity contribution < 1.29 is 9.59 Å². The van der Waals surface area contributed by atoms with E-state index in [9.17, 15) is 9.59 Å². The van der Waals surface area contributed by atoms with E-state index < -0.39 is 0 Å². The number of benzene rings is 1. The normalized spacial score (nSPS) is 19.8. The first-order valence-corrected chi connectivity index (χ1v) is 9.23. The summed E-state index contributed by atoms with van der Waals surface area (Å²) >= 11 is 0. The summed E-state index contributed by atoms with van der Waals surface area (Å²) in [7, 11) is 0. The number of hydrogen-bond donors (Lipinski definition) is 2. The van der Waals surface area contributed by atoms with E-state index >= 15 is 0 Å². The van der Waals surface area contributed by atoms with Crippen molar-refractivity contribution in [3.8, 4) is 0 Å². The summed E-state index contributed by atoms with van der Waals surface area (Å²) in [5, 5.41) is 6.43. The molecule has 1 saturated heterocycles. The van der Waals surface area contributed by atoms with Crippen molar-refractivity contribution in [1.82, 2.24) is 10.6 Å². The molecular weight excluding hydrogens is 336 g/mol. The third-order valence-electron chi connectivity index (χ3n) is 4.66. The van der Waals surface area contributed by atoms with Gasteiger partial charge in [0.2, 0.25) is 5.91 Å². The van der Waals surface area contributed by atoms with Crippen LogP contribution >= 0.6 is 12.4 Å². The average molecular weight is 367 g/mol. The van der Waals surface area contributed by atoms with Gasteiger partial charge in [0.1, 0.15) is 0 Å². The van der Waals surface area contributed by atoms with E-state index in [1.807, 2.05) is 24.3 Å². The van der Waals surface area contributed by atoms with Crippen molar-refractivity contribution in [3.05, 3.63) is 35.4 Å². The molecule has 1 aromatic carbocycles. The number of carbonyl (C=O) groups is 2. The number of piperidine rings is 1. The third kappa shape index (κ3) is 7.57. The zero-order chi connectivity index (χ0) is 17.4. The quantitative estimate of drug-likeness (QED) is 0.690. The molecule has 1 amide bonds. The molecule has 0 aliphatic carbocycles. The summed E-state index contributed by atoms with van der Waals surface area (Å²) < 4.78 is 0. The van der Waals surface area contributed by atoms with Gasteiger partial charge in [0.25, 0.3) is 0 Å². The zero-order valence-corrected chi connectivity index (χ0v) is 16.2. The van der Waals surface area contributed by atoms with Gasteiger partial charge in [0, 0.05) is 30.5 Å². The van der Waals surface area contributed by atoms with Gasteiger partial charge in [-0.1, -0.05) is 37.6 Å². The van der Waals surface area contributed by atoms with Gasteiger partial charge in [-0.25, -0.2) is 0 Å². The molecule has 1 aliphatic heterocycles. The lowest BCUT2D eigenvalue weighted by Gasteiger charge is -2.28. The number of amides is 1. The molecule has 2 unspecified atom stereocenters.